The van der Waals surface area contributed by atoms with E-state index in [1.54, 1.807) is 39.8 Å². The van der Waals surface area contributed by atoms with Crippen LogP contribution in [0.15, 0.2) is 54.8 Å². The van der Waals surface area contributed by atoms with Crippen molar-refractivity contribution in [2.24, 2.45) is 0 Å². The summed E-state index contributed by atoms with van der Waals surface area (Å²) in [4.78, 5) is 32.1. The van der Waals surface area contributed by atoms with Gasteiger partial charge < -0.3 is 33.7 Å². The number of carbonyl (C=O) groups is 2. The predicted molar refractivity (Wildman–Crippen MR) is 131 cm³/mol. The fraction of sp³-hybridized carbons (Fsp3) is 0.192. The normalized spacial score (nSPS) is 13.8. The van der Waals surface area contributed by atoms with E-state index >= 15 is 0 Å². The van der Waals surface area contributed by atoms with Crippen molar-refractivity contribution in [1.82, 2.24) is 19.0 Å². The summed E-state index contributed by atoms with van der Waals surface area (Å²) in [6, 6.07) is 7.82. The molecule has 0 bridgehead atoms. The number of fused-ring (bicyclic) bond motifs is 2. The lowest BCUT2D eigenvalue weighted by molar-refractivity contribution is 0.0816. The lowest BCUT2D eigenvalue weighted by atomic mass is 10.1. The summed E-state index contributed by atoms with van der Waals surface area (Å²) in [6.45, 7) is 1.02. The first-order valence-electron chi connectivity index (χ1n) is 11.2. The number of aromatic hydroxyl groups is 2. The van der Waals surface area contributed by atoms with E-state index in [0.29, 0.717) is 35.5 Å². The minimum absolute atomic E-state index is 0.0408. The summed E-state index contributed by atoms with van der Waals surface area (Å²) in [7, 11) is 4.87. The van der Waals surface area contributed by atoms with Crippen LogP contribution >= 0.6 is 0 Å². The second-order valence-electron chi connectivity index (χ2n) is 8.57. The minimum Gasteiger partial charge on any atom is -0.508 e. The molecule has 0 saturated carbocycles. The van der Waals surface area contributed by atoms with Crippen molar-refractivity contribution in [3.63, 3.8) is 0 Å². The number of Topliss-reactive ketones (excluding diaryl/α,β-unsaturated/α-hetero) is 1. The molecule has 2 aromatic heterocycles. The minimum atomic E-state index is -0.548. The van der Waals surface area contributed by atoms with Gasteiger partial charge in [0.1, 0.15) is 34.3 Å². The lowest BCUT2D eigenvalue weighted by Crippen LogP contribution is -2.26. The van der Waals surface area contributed by atoms with E-state index in [4.69, 9.17) is 9.47 Å². The van der Waals surface area contributed by atoms with Crippen LogP contribution < -0.4 is 9.47 Å². The monoisotopic (exact) mass is 488 g/mol. The van der Waals surface area contributed by atoms with Crippen LogP contribution in [0.25, 0.3) is 17.0 Å². The zero-order chi connectivity index (χ0) is 25.6. The second-order valence-corrected chi connectivity index (χ2v) is 8.57. The summed E-state index contributed by atoms with van der Waals surface area (Å²) in [6.07, 6.45) is 6.74. The standard InChI is InChI=1S/C26H24N4O6/c1-28(2)26(34)24-18(13-22-25(33)23-20(32)10-15(31)11-21(23)36-22)17-12-16(35-3)4-5-19(17)30(24)9-8-29-7-6-27-14-29/h4-7,10-14,31-32H,8-9H2,1-3H3. The molecular weight excluding hydrogens is 464 g/mol. The predicted octanol–water partition coefficient (Wildman–Crippen LogP) is 3.28. The van der Waals surface area contributed by atoms with Gasteiger partial charge in [-0.3, -0.25) is 9.59 Å². The molecular formula is C26H24N4O6. The Kier molecular flexibility index (Phi) is 5.63. The Hall–Kier alpha value is -4.73. The maximum atomic E-state index is 13.5. The number of aromatic nitrogens is 3. The smallest absolute Gasteiger partial charge is 0.270 e. The van der Waals surface area contributed by atoms with Gasteiger partial charge in [-0.2, -0.15) is 0 Å². The van der Waals surface area contributed by atoms with Crippen molar-refractivity contribution in [2.75, 3.05) is 21.2 Å². The first kappa shape index (κ1) is 23.0. The Labute approximate surface area is 206 Å². The van der Waals surface area contributed by atoms with Crippen LogP contribution in [-0.4, -0.2) is 62.1 Å². The average Bonchev–Trinajstić information content (AvgIpc) is 3.54. The van der Waals surface area contributed by atoms with E-state index in [0.717, 1.165) is 11.6 Å². The topological polar surface area (TPSA) is 119 Å². The van der Waals surface area contributed by atoms with Gasteiger partial charge in [-0.15, -0.1) is 0 Å². The number of nitrogens with zero attached hydrogens (tertiary/aromatic N) is 4. The zero-order valence-corrected chi connectivity index (χ0v) is 19.9. The van der Waals surface area contributed by atoms with Crippen LogP contribution in [0.1, 0.15) is 26.4 Å². The Morgan fingerprint density at radius 1 is 1.19 bits per heavy atom. The van der Waals surface area contributed by atoms with Gasteiger partial charge in [0, 0.05) is 68.2 Å². The molecule has 0 aliphatic carbocycles. The van der Waals surface area contributed by atoms with Crippen LogP contribution in [0, 0.1) is 0 Å². The fourth-order valence-corrected chi connectivity index (χ4v) is 4.35. The van der Waals surface area contributed by atoms with Crippen LogP contribution in [0.2, 0.25) is 0 Å². The molecule has 36 heavy (non-hydrogen) atoms. The van der Waals surface area contributed by atoms with Crippen molar-refractivity contribution >= 4 is 28.7 Å². The number of hydrogen-bond donors (Lipinski definition) is 2. The van der Waals surface area contributed by atoms with E-state index in [-0.39, 0.29) is 34.5 Å². The van der Waals surface area contributed by atoms with Crippen LogP contribution in [0.3, 0.4) is 0 Å². The third kappa shape index (κ3) is 3.82. The molecule has 10 nitrogen and oxygen atoms in total. The number of allylic oxidation sites excluding steroid dienone is 1. The summed E-state index contributed by atoms with van der Waals surface area (Å²) >= 11 is 0. The van der Waals surface area contributed by atoms with Gasteiger partial charge in [0.2, 0.25) is 5.78 Å². The first-order chi connectivity index (χ1) is 17.3. The van der Waals surface area contributed by atoms with Crippen LogP contribution in [0.5, 0.6) is 23.0 Å². The van der Waals surface area contributed by atoms with Gasteiger partial charge in [0.25, 0.3) is 5.91 Å². The first-order valence-corrected chi connectivity index (χ1v) is 11.2. The molecule has 1 amide bonds. The van der Waals surface area contributed by atoms with Crippen molar-refractivity contribution in [3.05, 3.63) is 71.6 Å². The molecule has 3 heterocycles. The Morgan fingerprint density at radius 3 is 2.69 bits per heavy atom. The number of ether oxygens (including phenoxy) is 2. The van der Waals surface area contributed by atoms with Gasteiger partial charge in [-0.1, -0.05) is 0 Å². The van der Waals surface area contributed by atoms with E-state index in [9.17, 15) is 19.8 Å². The number of imidazole rings is 1. The van der Waals surface area contributed by atoms with Crippen LogP contribution in [0.4, 0.5) is 0 Å². The highest BCUT2D eigenvalue weighted by molar-refractivity contribution is 6.17. The number of carbonyl (C=O) groups excluding carboxylic acids is 2. The summed E-state index contributed by atoms with van der Waals surface area (Å²) in [5.41, 5.74) is 1.58. The molecule has 0 atom stereocenters. The van der Waals surface area contributed by atoms with E-state index in [1.165, 1.54) is 17.0 Å². The molecule has 0 saturated heterocycles. The number of phenols is 2. The van der Waals surface area contributed by atoms with Gasteiger partial charge in [0.05, 0.1) is 13.4 Å². The van der Waals surface area contributed by atoms with Gasteiger partial charge >= 0.3 is 0 Å². The highest BCUT2D eigenvalue weighted by Gasteiger charge is 2.33. The molecule has 1 aliphatic heterocycles. The molecule has 0 unspecified atom stereocenters. The fourth-order valence-electron chi connectivity index (χ4n) is 4.35. The molecule has 10 heteroatoms. The number of rotatable bonds is 6. The van der Waals surface area contributed by atoms with E-state index in [2.05, 4.69) is 4.98 Å². The molecule has 0 radical (unpaired) electrons. The molecule has 2 aromatic carbocycles. The molecule has 0 fully saturated rings. The Morgan fingerprint density at radius 2 is 2.00 bits per heavy atom. The second kappa shape index (κ2) is 8.81. The highest BCUT2D eigenvalue weighted by atomic mass is 16.5. The number of ketones is 1. The van der Waals surface area contributed by atoms with Gasteiger partial charge in [-0.05, 0) is 24.3 Å². The molecule has 1 aliphatic rings. The third-order valence-electron chi connectivity index (χ3n) is 6.07. The molecule has 0 spiro atoms. The molecule has 5 rings (SSSR count). The number of phenolic OH excluding ortho intramolecular Hbond substituents is 2. The number of aryl methyl sites for hydroxylation is 2. The third-order valence-corrected chi connectivity index (χ3v) is 6.07. The van der Waals surface area contributed by atoms with Gasteiger partial charge in [-0.25, -0.2) is 4.98 Å². The lowest BCUT2D eigenvalue weighted by Gasteiger charge is -2.15. The Balaban J connectivity index is 1.72. The quantitative estimate of drug-likeness (QED) is 0.400. The van der Waals surface area contributed by atoms with Gasteiger partial charge in [0.15, 0.2) is 5.76 Å². The van der Waals surface area contributed by atoms with Crippen molar-refractivity contribution < 1.29 is 29.3 Å². The van der Waals surface area contributed by atoms with Crippen molar-refractivity contribution in [2.45, 2.75) is 13.1 Å². The van der Waals surface area contributed by atoms with Crippen LogP contribution in [-0.2, 0) is 13.1 Å². The molecule has 184 valence electrons. The molecule has 4 aromatic rings. The van der Waals surface area contributed by atoms with Crippen molar-refractivity contribution in [3.8, 4) is 23.0 Å². The maximum absolute atomic E-state index is 13.5. The average molecular weight is 489 g/mol. The summed E-state index contributed by atoms with van der Waals surface area (Å²) in [5.74, 6) is -0.862. The summed E-state index contributed by atoms with van der Waals surface area (Å²) < 4.78 is 15.0. The Bertz CT molecular complexity index is 1530. The SMILES string of the molecule is COc1ccc2c(c1)c(C=C1Oc3cc(O)cc(O)c3C1=O)c(C(=O)N(C)C)n2CCn1ccnc1. The number of benzene rings is 2. The van der Waals surface area contributed by atoms with E-state index in [1.807, 2.05) is 27.5 Å². The molecule has 2 N–H and O–H groups in total. The van der Waals surface area contributed by atoms with Crippen molar-refractivity contribution in [1.29, 1.82) is 0 Å². The highest BCUT2D eigenvalue weighted by Crippen LogP contribution is 2.41. The number of methoxy groups -OCH3 is 1. The van der Waals surface area contributed by atoms with E-state index < -0.39 is 5.78 Å². The zero-order valence-electron chi connectivity index (χ0n) is 19.9. The largest absolute Gasteiger partial charge is 0.508 e. The number of hydrogen-bond acceptors (Lipinski definition) is 7. The maximum Gasteiger partial charge on any atom is 0.270 e. The summed E-state index contributed by atoms with van der Waals surface area (Å²) in [5, 5.41) is 20.7. The number of amides is 1.